The molecule has 0 amide bonds. The summed E-state index contributed by atoms with van der Waals surface area (Å²) < 4.78 is 5.75. The average molecular weight is 278 g/mol. The van der Waals surface area contributed by atoms with Gasteiger partial charge in [0.15, 0.2) is 0 Å². The number of nitrogens with two attached hydrogens (primary N) is 1. The van der Waals surface area contributed by atoms with Crippen LogP contribution in [0.4, 0.5) is 0 Å². The van der Waals surface area contributed by atoms with E-state index >= 15 is 0 Å². The summed E-state index contributed by atoms with van der Waals surface area (Å²) in [6.07, 6.45) is 2.60. The molecule has 1 aromatic carbocycles. The number of hydrogen-bond acceptors (Lipinski definition) is 3. The first-order chi connectivity index (χ1) is 9.60. The maximum Gasteiger partial charge on any atom is 0.120 e. The van der Waals surface area contributed by atoms with Gasteiger partial charge in [0.1, 0.15) is 5.75 Å². The van der Waals surface area contributed by atoms with Gasteiger partial charge in [-0.15, -0.1) is 0 Å². The van der Waals surface area contributed by atoms with Crippen LogP contribution in [-0.2, 0) is 0 Å². The van der Waals surface area contributed by atoms with Gasteiger partial charge < -0.3 is 15.8 Å². The zero-order valence-electron chi connectivity index (χ0n) is 13.4. The Labute approximate surface area is 123 Å². The summed E-state index contributed by atoms with van der Waals surface area (Å²) >= 11 is 0. The quantitative estimate of drug-likeness (QED) is 0.727. The Morgan fingerprint density at radius 2 is 1.90 bits per heavy atom. The van der Waals surface area contributed by atoms with E-state index < -0.39 is 0 Å². The summed E-state index contributed by atoms with van der Waals surface area (Å²) in [5.41, 5.74) is 7.13. The van der Waals surface area contributed by atoms with Crippen LogP contribution < -0.4 is 15.8 Å². The van der Waals surface area contributed by atoms with Crippen LogP contribution in [0.3, 0.4) is 0 Å². The predicted molar refractivity (Wildman–Crippen MR) is 86.1 cm³/mol. The Kier molecular flexibility index (Phi) is 7.63. The Morgan fingerprint density at radius 1 is 1.20 bits per heavy atom. The van der Waals surface area contributed by atoms with E-state index in [4.69, 9.17) is 10.5 Å². The zero-order chi connectivity index (χ0) is 15.0. The zero-order valence-corrected chi connectivity index (χ0v) is 13.4. The Hall–Kier alpha value is -1.06. The van der Waals surface area contributed by atoms with Gasteiger partial charge in [-0.2, -0.15) is 0 Å². The molecule has 1 unspecified atom stereocenters. The number of hydrogen-bond donors (Lipinski definition) is 2. The van der Waals surface area contributed by atoms with Crippen molar-refractivity contribution >= 4 is 0 Å². The highest BCUT2D eigenvalue weighted by molar-refractivity contribution is 5.31. The minimum absolute atomic E-state index is 0.194. The normalized spacial score (nSPS) is 12.9. The molecule has 3 heteroatoms. The fourth-order valence-electron chi connectivity index (χ4n) is 2.30. The fraction of sp³-hybridized carbons (Fsp3) is 0.647. The molecule has 20 heavy (non-hydrogen) atoms. The first-order valence-electron chi connectivity index (χ1n) is 7.80. The van der Waals surface area contributed by atoms with E-state index in [2.05, 4.69) is 31.3 Å². The van der Waals surface area contributed by atoms with Crippen molar-refractivity contribution in [3.8, 4) is 5.75 Å². The van der Waals surface area contributed by atoms with E-state index in [-0.39, 0.29) is 12.1 Å². The topological polar surface area (TPSA) is 47.3 Å². The van der Waals surface area contributed by atoms with E-state index in [1.54, 1.807) is 0 Å². The van der Waals surface area contributed by atoms with E-state index in [0.29, 0.717) is 6.54 Å². The second-order valence-corrected chi connectivity index (χ2v) is 5.62. The second-order valence-electron chi connectivity index (χ2n) is 5.62. The minimum atomic E-state index is 0.194. The van der Waals surface area contributed by atoms with Crippen LogP contribution in [0, 0.1) is 5.92 Å². The van der Waals surface area contributed by atoms with Gasteiger partial charge >= 0.3 is 0 Å². The van der Waals surface area contributed by atoms with Crippen molar-refractivity contribution in [2.45, 2.75) is 52.7 Å². The highest BCUT2D eigenvalue weighted by atomic mass is 16.5. The summed E-state index contributed by atoms with van der Waals surface area (Å²) in [6, 6.07) is 8.44. The van der Waals surface area contributed by atoms with E-state index in [0.717, 1.165) is 18.2 Å². The van der Waals surface area contributed by atoms with Crippen molar-refractivity contribution in [3.63, 3.8) is 0 Å². The largest absolute Gasteiger partial charge is 0.491 e. The molecule has 0 bridgehead atoms. The molecule has 0 aliphatic rings. The van der Waals surface area contributed by atoms with Gasteiger partial charge in [-0.1, -0.05) is 38.8 Å². The molecule has 3 nitrogen and oxygen atoms in total. The van der Waals surface area contributed by atoms with Crippen LogP contribution in [0.5, 0.6) is 5.75 Å². The van der Waals surface area contributed by atoms with Crippen molar-refractivity contribution in [1.82, 2.24) is 5.32 Å². The molecule has 0 aromatic heterocycles. The fourth-order valence-corrected chi connectivity index (χ4v) is 2.30. The molecule has 3 N–H and O–H groups in total. The molecule has 0 radical (unpaired) electrons. The summed E-state index contributed by atoms with van der Waals surface area (Å²) in [7, 11) is 0. The summed E-state index contributed by atoms with van der Waals surface area (Å²) in [5, 5.41) is 3.59. The maximum absolute atomic E-state index is 5.92. The molecular formula is C17H30N2O. The van der Waals surface area contributed by atoms with Crippen LogP contribution in [0.2, 0.25) is 0 Å². The van der Waals surface area contributed by atoms with Crippen LogP contribution >= 0.6 is 0 Å². The number of benzene rings is 1. The van der Waals surface area contributed by atoms with E-state index in [1.165, 1.54) is 18.4 Å². The van der Waals surface area contributed by atoms with Crippen molar-refractivity contribution in [1.29, 1.82) is 0 Å². The lowest BCUT2D eigenvalue weighted by Gasteiger charge is -2.22. The first kappa shape index (κ1) is 17.0. The van der Waals surface area contributed by atoms with Crippen molar-refractivity contribution < 1.29 is 4.74 Å². The van der Waals surface area contributed by atoms with Gasteiger partial charge in [0.05, 0.1) is 6.10 Å². The monoisotopic (exact) mass is 278 g/mol. The molecule has 1 rings (SSSR count). The van der Waals surface area contributed by atoms with Crippen molar-refractivity contribution in [2.24, 2.45) is 11.7 Å². The highest BCUT2D eigenvalue weighted by Crippen LogP contribution is 2.20. The average Bonchev–Trinajstić information content (AvgIpc) is 2.43. The molecule has 0 aliphatic carbocycles. The number of nitrogens with one attached hydrogen (secondary N) is 1. The Balaban J connectivity index is 2.69. The molecule has 114 valence electrons. The van der Waals surface area contributed by atoms with Gasteiger partial charge in [-0.25, -0.2) is 0 Å². The van der Waals surface area contributed by atoms with Gasteiger partial charge in [0.25, 0.3) is 0 Å². The summed E-state index contributed by atoms with van der Waals surface area (Å²) in [6.45, 7) is 10.2. The van der Waals surface area contributed by atoms with E-state index in [9.17, 15) is 0 Å². The molecule has 0 aliphatic heterocycles. The molecule has 0 heterocycles. The predicted octanol–water partition coefficient (Wildman–Crippen LogP) is 3.50. The number of ether oxygens (including phenoxy) is 1. The number of rotatable bonds is 9. The lowest BCUT2D eigenvalue weighted by molar-refractivity contribution is 0.242. The lowest BCUT2D eigenvalue weighted by atomic mass is 10.0. The minimum Gasteiger partial charge on any atom is -0.491 e. The molecule has 0 saturated heterocycles. The maximum atomic E-state index is 5.92. The third kappa shape index (κ3) is 5.51. The van der Waals surface area contributed by atoms with Crippen molar-refractivity contribution in [3.05, 3.63) is 29.8 Å². The Morgan fingerprint density at radius 3 is 2.45 bits per heavy atom. The van der Waals surface area contributed by atoms with Crippen LogP contribution in [0.15, 0.2) is 24.3 Å². The second kappa shape index (κ2) is 8.98. The third-order valence-corrected chi connectivity index (χ3v) is 3.68. The van der Waals surface area contributed by atoms with Gasteiger partial charge in [-0.3, -0.25) is 0 Å². The van der Waals surface area contributed by atoms with Gasteiger partial charge in [-0.05, 0) is 44.0 Å². The molecule has 1 aromatic rings. The lowest BCUT2D eigenvalue weighted by Crippen LogP contribution is -2.32. The van der Waals surface area contributed by atoms with Crippen LogP contribution in [0.25, 0.3) is 0 Å². The highest BCUT2D eigenvalue weighted by Gasteiger charge is 2.12. The van der Waals surface area contributed by atoms with Crippen LogP contribution in [0.1, 0.15) is 52.1 Å². The molecule has 0 spiro atoms. The summed E-state index contributed by atoms with van der Waals surface area (Å²) in [5.74, 6) is 1.64. The van der Waals surface area contributed by atoms with Crippen molar-refractivity contribution in [2.75, 3.05) is 13.1 Å². The van der Waals surface area contributed by atoms with Gasteiger partial charge in [0, 0.05) is 12.6 Å². The summed E-state index contributed by atoms with van der Waals surface area (Å²) in [4.78, 5) is 0. The molecule has 0 saturated carbocycles. The van der Waals surface area contributed by atoms with Crippen LogP contribution in [-0.4, -0.2) is 19.2 Å². The molecule has 1 atom stereocenters. The first-order valence-corrected chi connectivity index (χ1v) is 7.80. The molecular weight excluding hydrogens is 248 g/mol. The van der Waals surface area contributed by atoms with Gasteiger partial charge in [0.2, 0.25) is 0 Å². The van der Waals surface area contributed by atoms with E-state index in [1.807, 2.05) is 26.0 Å². The molecule has 0 fully saturated rings. The Bertz CT molecular complexity index is 375. The third-order valence-electron chi connectivity index (χ3n) is 3.68. The standard InChI is InChI=1S/C17H30N2O/c1-5-14(6-2)12-19-17(11-18)15-8-7-9-16(10-15)20-13(3)4/h7-10,13-14,17,19H,5-6,11-12,18H2,1-4H3. The SMILES string of the molecule is CCC(CC)CNC(CN)c1cccc(OC(C)C)c1. The smallest absolute Gasteiger partial charge is 0.120 e.